The highest BCUT2D eigenvalue weighted by Crippen LogP contribution is 2.28. The number of cyclic esters (lactones) is 1. The van der Waals surface area contributed by atoms with Gasteiger partial charge in [0.1, 0.15) is 11.9 Å². The number of hydrogen-bond donors (Lipinski definition) is 3. The number of ether oxygens (including phenoxy) is 1. The zero-order chi connectivity index (χ0) is 29.5. The van der Waals surface area contributed by atoms with Gasteiger partial charge in [-0.25, -0.2) is 9.18 Å². The number of piperazine rings is 1. The van der Waals surface area contributed by atoms with Crippen molar-refractivity contribution in [2.24, 2.45) is 5.73 Å². The van der Waals surface area contributed by atoms with E-state index in [0.29, 0.717) is 48.8 Å². The van der Waals surface area contributed by atoms with Crippen LogP contribution in [0.5, 0.6) is 0 Å². The minimum atomic E-state index is -0.605. The molecule has 2 saturated heterocycles. The highest BCUT2D eigenvalue weighted by Gasteiger charge is 2.33. The predicted molar refractivity (Wildman–Crippen MR) is 149 cm³/mol. The van der Waals surface area contributed by atoms with Gasteiger partial charge in [0.05, 0.1) is 31.0 Å². The Labute approximate surface area is 236 Å². The molecule has 1 unspecified atom stereocenters. The lowest BCUT2D eigenvalue weighted by atomic mass is 10.1. The maximum atomic E-state index is 15.1. The third-order valence-corrected chi connectivity index (χ3v) is 6.91. The molecule has 0 bridgehead atoms. The summed E-state index contributed by atoms with van der Waals surface area (Å²) in [5.41, 5.74) is 6.97. The molecule has 4 amide bonds. The first-order valence-corrected chi connectivity index (χ1v) is 13.3. The molecule has 13 heteroatoms. The van der Waals surface area contributed by atoms with E-state index >= 15 is 4.39 Å². The number of rotatable bonds is 10. The van der Waals surface area contributed by atoms with E-state index < -0.39 is 18.0 Å². The topological polar surface area (TPSA) is 154 Å². The molecule has 0 spiro atoms. The predicted octanol–water partition coefficient (Wildman–Crippen LogP) is 1.50. The number of hydrogen-bond acceptors (Lipinski definition) is 8. The van der Waals surface area contributed by atoms with Crippen LogP contribution < -0.4 is 26.2 Å². The molecule has 218 valence electrons. The summed E-state index contributed by atoms with van der Waals surface area (Å²) in [4.78, 5) is 64.8. The summed E-state index contributed by atoms with van der Waals surface area (Å²) >= 11 is 0. The summed E-state index contributed by atoms with van der Waals surface area (Å²) in [6, 6.07) is 10.9. The molecule has 2 aliphatic rings. The van der Waals surface area contributed by atoms with Crippen molar-refractivity contribution in [2.45, 2.75) is 25.9 Å². The largest absolute Gasteiger partial charge is 0.442 e. The van der Waals surface area contributed by atoms with Gasteiger partial charge in [-0.15, -0.1) is 0 Å². The second-order valence-corrected chi connectivity index (χ2v) is 9.81. The van der Waals surface area contributed by atoms with Gasteiger partial charge in [0, 0.05) is 57.2 Å². The lowest BCUT2D eigenvalue weighted by Gasteiger charge is -2.36. The van der Waals surface area contributed by atoms with Crippen LogP contribution in [0.15, 0.2) is 42.5 Å². The van der Waals surface area contributed by atoms with E-state index in [1.54, 1.807) is 41.3 Å². The molecule has 4 rings (SSSR count). The van der Waals surface area contributed by atoms with Crippen molar-refractivity contribution in [1.29, 1.82) is 0 Å². The van der Waals surface area contributed by atoms with Crippen molar-refractivity contribution in [3.8, 4) is 0 Å². The summed E-state index contributed by atoms with van der Waals surface area (Å²) < 4.78 is 20.3. The smallest absolute Gasteiger partial charge is 0.414 e. The maximum absolute atomic E-state index is 15.1. The number of Topliss-reactive ketones (excluding diaryl/α,β-unsaturated/α-hetero) is 1. The molecular weight excluding hydrogens is 535 g/mol. The Morgan fingerprint density at radius 2 is 1.73 bits per heavy atom. The average molecular weight is 569 g/mol. The lowest BCUT2D eigenvalue weighted by molar-refractivity contribution is -0.131. The standard InChI is InChI=1S/C28H33FN6O6/c1-18(36)31-16-22-17-35(28(40)41-22)21-6-7-24(23(29)14-21)33-10-12-34(13-11-33)27(39)9-8-25(37)19-2-4-20(5-3-19)32-26(38)15-30/h2-7,14,22H,8-13,15-17,30H2,1H3,(H,31,36)(H,32,38). The number of amides is 4. The summed E-state index contributed by atoms with van der Waals surface area (Å²) in [7, 11) is 0. The zero-order valence-corrected chi connectivity index (χ0v) is 22.7. The van der Waals surface area contributed by atoms with Crippen LogP contribution in [0.3, 0.4) is 0 Å². The third-order valence-electron chi connectivity index (χ3n) is 6.91. The van der Waals surface area contributed by atoms with E-state index in [-0.39, 0.29) is 56.0 Å². The maximum Gasteiger partial charge on any atom is 0.414 e. The van der Waals surface area contributed by atoms with Crippen LogP contribution in [0.4, 0.5) is 26.2 Å². The normalized spacial score (nSPS) is 16.8. The molecule has 1 atom stereocenters. The zero-order valence-electron chi connectivity index (χ0n) is 22.7. The van der Waals surface area contributed by atoms with E-state index in [2.05, 4.69) is 10.6 Å². The van der Waals surface area contributed by atoms with Crippen molar-refractivity contribution in [3.05, 3.63) is 53.8 Å². The molecule has 12 nitrogen and oxygen atoms in total. The van der Waals surface area contributed by atoms with Gasteiger partial charge in [-0.05, 0) is 42.5 Å². The van der Waals surface area contributed by atoms with E-state index in [1.165, 1.54) is 17.9 Å². The second kappa shape index (κ2) is 13.2. The number of nitrogens with one attached hydrogen (secondary N) is 2. The summed E-state index contributed by atoms with van der Waals surface area (Å²) in [5, 5.41) is 5.20. The van der Waals surface area contributed by atoms with Crippen LogP contribution in [0, 0.1) is 5.82 Å². The summed E-state index contributed by atoms with van der Waals surface area (Å²) in [5.74, 6) is -1.40. The van der Waals surface area contributed by atoms with Crippen molar-refractivity contribution >= 4 is 46.7 Å². The third kappa shape index (κ3) is 7.57. The van der Waals surface area contributed by atoms with E-state index in [1.807, 2.05) is 4.90 Å². The molecule has 2 aliphatic heterocycles. The molecule has 41 heavy (non-hydrogen) atoms. The Morgan fingerprint density at radius 1 is 1.02 bits per heavy atom. The number of carbonyl (C=O) groups is 5. The molecule has 2 heterocycles. The number of anilines is 3. The first kappa shape index (κ1) is 29.5. The van der Waals surface area contributed by atoms with Crippen molar-refractivity contribution in [3.63, 3.8) is 0 Å². The van der Waals surface area contributed by atoms with Crippen molar-refractivity contribution < 1.29 is 33.1 Å². The minimum Gasteiger partial charge on any atom is -0.442 e. The lowest BCUT2D eigenvalue weighted by Crippen LogP contribution is -2.49. The molecule has 0 radical (unpaired) electrons. The molecular formula is C28H33FN6O6. The fourth-order valence-electron chi connectivity index (χ4n) is 4.69. The van der Waals surface area contributed by atoms with Crippen LogP contribution >= 0.6 is 0 Å². The van der Waals surface area contributed by atoms with Gasteiger partial charge < -0.3 is 30.9 Å². The molecule has 2 fully saturated rings. The highest BCUT2D eigenvalue weighted by atomic mass is 19.1. The van der Waals surface area contributed by atoms with Crippen molar-refractivity contribution in [1.82, 2.24) is 10.2 Å². The fourth-order valence-corrected chi connectivity index (χ4v) is 4.69. The monoisotopic (exact) mass is 568 g/mol. The van der Waals surface area contributed by atoms with Crippen molar-refractivity contribution in [2.75, 3.05) is 60.9 Å². The molecule has 2 aromatic carbocycles. The Hall–Kier alpha value is -4.52. The van der Waals surface area contributed by atoms with Gasteiger partial charge in [-0.3, -0.25) is 24.1 Å². The first-order chi connectivity index (χ1) is 19.6. The number of carbonyl (C=O) groups excluding carboxylic acids is 5. The van der Waals surface area contributed by atoms with Gasteiger partial charge in [0.2, 0.25) is 17.7 Å². The number of nitrogens with two attached hydrogens (primary N) is 1. The first-order valence-electron chi connectivity index (χ1n) is 13.3. The highest BCUT2D eigenvalue weighted by molar-refractivity contribution is 5.99. The molecule has 0 aromatic heterocycles. The van der Waals surface area contributed by atoms with Crippen LogP contribution in [-0.2, 0) is 19.1 Å². The van der Waals surface area contributed by atoms with Crippen LogP contribution in [0.25, 0.3) is 0 Å². The van der Waals surface area contributed by atoms with E-state index in [0.717, 1.165) is 0 Å². The van der Waals surface area contributed by atoms with E-state index in [9.17, 15) is 24.0 Å². The Kier molecular flexibility index (Phi) is 9.50. The SMILES string of the molecule is CC(=O)NCC1CN(c2ccc(N3CCN(C(=O)CCC(=O)c4ccc(NC(=O)CN)cc4)CC3)c(F)c2)C(=O)O1. The summed E-state index contributed by atoms with van der Waals surface area (Å²) in [6.45, 7) is 3.19. The van der Waals surface area contributed by atoms with Crippen LogP contribution in [0.2, 0.25) is 0 Å². The quantitative estimate of drug-likeness (QED) is 0.365. The molecule has 4 N–H and O–H groups in total. The minimum absolute atomic E-state index is 0.0499. The Balaban J connectivity index is 1.25. The number of nitrogens with zero attached hydrogens (tertiary/aromatic N) is 3. The van der Waals surface area contributed by atoms with Crippen LogP contribution in [0.1, 0.15) is 30.1 Å². The number of ketones is 1. The van der Waals surface area contributed by atoms with Gasteiger partial charge in [0.25, 0.3) is 0 Å². The van der Waals surface area contributed by atoms with Gasteiger partial charge in [0.15, 0.2) is 5.78 Å². The molecule has 2 aromatic rings. The number of benzene rings is 2. The van der Waals surface area contributed by atoms with Gasteiger partial charge >= 0.3 is 6.09 Å². The van der Waals surface area contributed by atoms with Crippen LogP contribution in [-0.4, -0.2) is 86.4 Å². The Bertz CT molecular complexity index is 1310. The fraction of sp³-hybridized carbons (Fsp3) is 0.393. The average Bonchev–Trinajstić information content (AvgIpc) is 3.35. The summed E-state index contributed by atoms with van der Waals surface area (Å²) in [6.07, 6.45) is -1.02. The van der Waals surface area contributed by atoms with Gasteiger partial charge in [-0.1, -0.05) is 0 Å². The van der Waals surface area contributed by atoms with Gasteiger partial charge in [-0.2, -0.15) is 0 Å². The molecule has 0 saturated carbocycles. The Morgan fingerprint density at radius 3 is 2.37 bits per heavy atom. The molecule has 0 aliphatic carbocycles. The van der Waals surface area contributed by atoms with E-state index in [4.69, 9.17) is 10.5 Å². The second-order valence-electron chi connectivity index (χ2n) is 9.81. The number of halogens is 1.